The van der Waals surface area contributed by atoms with Gasteiger partial charge in [0, 0.05) is 18.0 Å². The molecule has 0 aromatic carbocycles. The van der Waals surface area contributed by atoms with Crippen LogP contribution in [0.4, 0.5) is 0 Å². The Labute approximate surface area is 59.5 Å². The monoisotopic (exact) mass is 135 g/mol. The minimum absolute atomic E-state index is 0.733. The molecule has 3 nitrogen and oxygen atoms in total. The molecule has 0 radical (unpaired) electrons. The molecule has 1 aromatic heterocycles. The lowest BCUT2D eigenvalue weighted by Crippen LogP contribution is -1.72. The van der Waals surface area contributed by atoms with Gasteiger partial charge in [0.05, 0.1) is 11.9 Å². The Balaban J connectivity index is 2.78. The number of aliphatic imine (C=N–C) groups is 1. The van der Waals surface area contributed by atoms with E-state index in [0.29, 0.717) is 0 Å². The number of hydrogen-bond acceptors (Lipinski definition) is 2. The van der Waals surface area contributed by atoms with Gasteiger partial charge in [-0.2, -0.15) is 5.10 Å². The van der Waals surface area contributed by atoms with Crippen LogP contribution in [-0.2, 0) is 0 Å². The first-order valence-electron chi connectivity index (χ1n) is 3.01. The average molecular weight is 135 g/mol. The highest BCUT2D eigenvalue weighted by molar-refractivity contribution is 5.70. The predicted octanol–water partition coefficient (Wildman–Crippen LogP) is 1.47. The van der Waals surface area contributed by atoms with Crippen LogP contribution in [0.1, 0.15) is 12.5 Å². The van der Waals surface area contributed by atoms with E-state index in [1.165, 1.54) is 0 Å². The maximum Gasteiger partial charge on any atom is 0.0657 e. The van der Waals surface area contributed by atoms with Crippen molar-refractivity contribution in [1.82, 2.24) is 10.2 Å². The van der Waals surface area contributed by atoms with Crippen LogP contribution >= 0.6 is 0 Å². The molecular weight excluding hydrogens is 126 g/mol. The lowest BCUT2D eigenvalue weighted by Gasteiger charge is -1.89. The van der Waals surface area contributed by atoms with Gasteiger partial charge in [0.2, 0.25) is 0 Å². The summed E-state index contributed by atoms with van der Waals surface area (Å²) in [7, 11) is 0. The maximum atomic E-state index is 3.99. The molecule has 1 N–H and O–H groups in total. The minimum Gasteiger partial charge on any atom is -0.285 e. The Morgan fingerprint density at radius 3 is 3.20 bits per heavy atom. The van der Waals surface area contributed by atoms with Gasteiger partial charge in [0.1, 0.15) is 0 Å². The zero-order chi connectivity index (χ0) is 7.40. The Morgan fingerprint density at radius 1 is 1.90 bits per heavy atom. The van der Waals surface area contributed by atoms with Crippen LogP contribution in [0.2, 0.25) is 0 Å². The quantitative estimate of drug-likeness (QED) is 0.613. The molecule has 0 atom stereocenters. The molecule has 0 saturated heterocycles. The predicted molar refractivity (Wildman–Crippen MR) is 41.8 cm³/mol. The molecule has 0 aliphatic carbocycles. The smallest absolute Gasteiger partial charge is 0.0657 e. The van der Waals surface area contributed by atoms with Crippen molar-refractivity contribution < 1.29 is 0 Å². The number of rotatable bonds is 2. The number of hydrogen-bond donors (Lipinski definition) is 1. The van der Waals surface area contributed by atoms with E-state index in [1.54, 1.807) is 18.6 Å². The first-order chi connectivity index (χ1) is 4.84. The van der Waals surface area contributed by atoms with Crippen LogP contribution in [0.15, 0.2) is 24.0 Å². The molecule has 0 aliphatic heterocycles. The van der Waals surface area contributed by atoms with Crippen LogP contribution in [0.3, 0.4) is 0 Å². The topological polar surface area (TPSA) is 41.0 Å². The molecule has 3 heteroatoms. The van der Waals surface area contributed by atoms with E-state index >= 15 is 0 Å². The standard InChI is InChI=1S/C7H9N3/c1-3-8-6(2)7-4-9-10-5-7/h3-5H,2H2,1H3,(H,9,10). The number of H-pyrrole nitrogens is 1. The van der Waals surface area contributed by atoms with Crippen LogP contribution in [0.25, 0.3) is 5.70 Å². The normalized spacial score (nSPS) is 10.5. The van der Waals surface area contributed by atoms with Crippen molar-refractivity contribution in [3.63, 3.8) is 0 Å². The molecule has 0 aliphatic rings. The van der Waals surface area contributed by atoms with Gasteiger partial charge in [-0.15, -0.1) is 0 Å². The van der Waals surface area contributed by atoms with Crippen molar-refractivity contribution in [3.05, 3.63) is 24.5 Å². The second-order valence-corrected chi connectivity index (χ2v) is 1.82. The van der Waals surface area contributed by atoms with E-state index in [1.807, 2.05) is 6.92 Å². The van der Waals surface area contributed by atoms with Crippen molar-refractivity contribution in [1.29, 1.82) is 0 Å². The molecule has 0 bridgehead atoms. The molecule has 0 fully saturated rings. The molecule has 0 spiro atoms. The van der Waals surface area contributed by atoms with E-state index in [2.05, 4.69) is 21.8 Å². The van der Waals surface area contributed by atoms with Gasteiger partial charge in [0.25, 0.3) is 0 Å². The second kappa shape index (κ2) is 2.96. The largest absolute Gasteiger partial charge is 0.285 e. The van der Waals surface area contributed by atoms with Crippen LogP contribution < -0.4 is 0 Å². The molecule has 1 rings (SSSR count). The summed E-state index contributed by atoms with van der Waals surface area (Å²) in [6, 6.07) is 0. The van der Waals surface area contributed by atoms with Crippen LogP contribution in [0, 0.1) is 0 Å². The Bertz CT molecular complexity index is 233. The molecular formula is C7H9N3. The summed E-state index contributed by atoms with van der Waals surface area (Å²) in [5.74, 6) is 0. The van der Waals surface area contributed by atoms with Gasteiger partial charge in [0.15, 0.2) is 0 Å². The molecule has 0 unspecified atom stereocenters. The third-order valence-electron chi connectivity index (χ3n) is 1.12. The summed E-state index contributed by atoms with van der Waals surface area (Å²) in [5, 5.41) is 6.45. The molecule has 1 aromatic rings. The molecule has 52 valence electrons. The average Bonchev–Trinajstić information content (AvgIpc) is 2.38. The highest BCUT2D eigenvalue weighted by Gasteiger charge is 1.93. The fourth-order valence-electron chi connectivity index (χ4n) is 0.639. The Morgan fingerprint density at radius 2 is 2.70 bits per heavy atom. The maximum absolute atomic E-state index is 3.99. The van der Waals surface area contributed by atoms with E-state index < -0.39 is 0 Å². The van der Waals surface area contributed by atoms with Gasteiger partial charge < -0.3 is 0 Å². The minimum atomic E-state index is 0.733. The number of nitrogens with one attached hydrogen (secondary N) is 1. The van der Waals surface area contributed by atoms with Crippen molar-refractivity contribution in [2.75, 3.05) is 0 Å². The van der Waals surface area contributed by atoms with Crippen molar-refractivity contribution >= 4 is 11.9 Å². The number of aromatic amines is 1. The third-order valence-corrected chi connectivity index (χ3v) is 1.12. The van der Waals surface area contributed by atoms with E-state index in [4.69, 9.17) is 0 Å². The number of nitrogens with zero attached hydrogens (tertiary/aromatic N) is 2. The van der Waals surface area contributed by atoms with Gasteiger partial charge in [-0.3, -0.25) is 10.1 Å². The zero-order valence-corrected chi connectivity index (χ0v) is 5.83. The SMILES string of the molecule is C=C(N=CC)c1cn[nH]c1. The lowest BCUT2D eigenvalue weighted by molar-refractivity contribution is 1.09. The van der Waals surface area contributed by atoms with E-state index in [0.717, 1.165) is 11.3 Å². The van der Waals surface area contributed by atoms with E-state index in [-0.39, 0.29) is 0 Å². The Kier molecular flexibility index (Phi) is 1.99. The van der Waals surface area contributed by atoms with E-state index in [9.17, 15) is 0 Å². The summed E-state index contributed by atoms with van der Waals surface area (Å²) < 4.78 is 0. The molecule has 0 amide bonds. The van der Waals surface area contributed by atoms with Gasteiger partial charge >= 0.3 is 0 Å². The highest BCUT2D eigenvalue weighted by atomic mass is 15.1. The molecule has 1 heterocycles. The third kappa shape index (κ3) is 1.31. The number of aromatic nitrogens is 2. The van der Waals surface area contributed by atoms with Crippen molar-refractivity contribution in [2.24, 2.45) is 4.99 Å². The summed E-state index contributed by atoms with van der Waals surface area (Å²) in [6.07, 6.45) is 5.15. The lowest BCUT2D eigenvalue weighted by atomic mass is 10.3. The van der Waals surface area contributed by atoms with Crippen LogP contribution in [0.5, 0.6) is 0 Å². The zero-order valence-electron chi connectivity index (χ0n) is 5.83. The van der Waals surface area contributed by atoms with Crippen molar-refractivity contribution in [2.45, 2.75) is 6.92 Å². The summed E-state index contributed by atoms with van der Waals surface area (Å²) in [6.45, 7) is 5.58. The first kappa shape index (κ1) is 6.74. The summed E-state index contributed by atoms with van der Waals surface area (Å²) in [4.78, 5) is 3.99. The summed E-state index contributed by atoms with van der Waals surface area (Å²) in [5.41, 5.74) is 1.66. The van der Waals surface area contributed by atoms with Gasteiger partial charge in [-0.1, -0.05) is 6.58 Å². The van der Waals surface area contributed by atoms with Crippen LogP contribution in [-0.4, -0.2) is 16.4 Å². The van der Waals surface area contributed by atoms with Gasteiger partial charge in [-0.25, -0.2) is 0 Å². The highest BCUT2D eigenvalue weighted by Crippen LogP contribution is 2.09. The molecule has 0 saturated carbocycles. The first-order valence-corrected chi connectivity index (χ1v) is 3.01. The molecule has 10 heavy (non-hydrogen) atoms. The Hall–Kier alpha value is -1.38. The van der Waals surface area contributed by atoms with Gasteiger partial charge in [-0.05, 0) is 6.92 Å². The summed E-state index contributed by atoms with van der Waals surface area (Å²) >= 11 is 0. The fourth-order valence-corrected chi connectivity index (χ4v) is 0.639. The van der Waals surface area contributed by atoms with Crippen molar-refractivity contribution in [3.8, 4) is 0 Å². The fraction of sp³-hybridized carbons (Fsp3) is 0.143. The second-order valence-electron chi connectivity index (χ2n) is 1.82.